The van der Waals surface area contributed by atoms with Crippen LogP contribution in [0.3, 0.4) is 0 Å². The fourth-order valence-electron chi connectivity index (χ4n) is 2.33. The number of nitrogens with zero attached hydrogens (tertiary/aromatic N) is 2. The normalized spacial score (nSPS) is 12.0. The van der Waals surface area contributed by atoms with Crippen molar-refractivity contribution in [3.63, 3.8) is 0 Å². The Morgan fingerprint density at radius 3 is 2.63 bits per heavy atom. The van der Waals surface area contributed by atoms with Crippen LogP contribution >= 0.6 is 11.3 Å². The number of thiazole rings is 1. The maximum absolute atomic E-state index is 12.7. The molecule has 0 unspecified atom stereocenters. The number of nitrogens with one attached hydrogen (secondary N) is 1. The Balaban J connectivity index is 2.11. The van der Waals surface area contributed by atoms with Crippen LogP contribution in [0.5, 0.6) is 0 Å². The number of carbonyl (C=O) groups is 1. The lowest BCUT2D eigenvalue weighted by Crippen LogP contribution is -2.30. The second-order valence-corrected chi connectivity index (χ2v) is 8.74. The van der Waals surface area contributed by atoms with Gasteiger partial charge >= 0.3 is 0 Å². The number of amides is 1. The van der Waals surface area contributed by atoms with E-state index in [2.05, 4.69) is 10.3 Å². The Labute approximate surface area is 165 Å². The fraction of sp³-hybridized carbons (Fsp3) is 0.368. The van der Waals surface area contributed by atoms with E-state index in [-0.39, 0.29) is 12.5 Å². The lowest BCUT2D eigenvalue weighted by Gasteiger charge is -2.18. The van der Waals surface area contributed by atoms with Gasteiger partial charge in [0, 0.05) is 23.9 Å². The molecule has 2 aromatic rings. The minimum atomic E-state index is -3.59. The van der Waals surface area contributed by atoms with Gasteiger partial charge in [-0.05, 0) is 24.5 Å². The molecule has 146 valence electrons. The first-order valence-corrected chi connectivity index (χ1v) is 11.3. The highest BCUT2D eigenvalue weighted by molar-refractivity contribution is 7.92. The third-order valence-corrected chi connectivity index (χ3v) is 6.04. The van der Waals surface area contributed by atoms with Crippen molar-refractivity contribution < 1.29 is 13.2 Å². The van der Waals surface area contributed by atoms with Crippen molar-refractivity contribution in [1.29, 1.82) is 0 Å². The molecule has 0 spiro atoms. The van der Waals surface area contributed by atoms with Gasteiger partial charge in [0.1, 0.15) is 10.7 Å². The minimum Gasteiger partial charge on any atom is -0.351 e. The molecule has 6 nitrogen and oxygen atoms in total. The molecule has 1 N–H and O–H groups in total. The Bertz CT molecular complexity index is 861. The number of benzene rings is 1. The smallest absolute Gasteiger partial charge is 0.270 e. The Kier molecular flexibility index (Phi) is 8.15. The molecule has 0 fully saturated rings. The molecule has 1 aromatic heterocycles. The number of hydrogen-bond acceptors (Lipinski definition) is 5. The number of sulfonamides is 1. The van der Waals surface area contributed by atoms with Crippen molar-refractivity contribution in [2.24, 2.45) is 0 Å². The van der Waals surface area contributed by atoms with E-state index in [4.69, 9.17) is 0 Å². The van der Waals surface area contributed by atoms with E-state index in [0.717, 1.165) is 12.0 Å². The monoisotopic (exact) mass is 407 g/mol. The molecule has 0 radical (unpaired) electrons. The van der Waals surface area contributed by atoms with E-state index in [0.29, 0.717) is 30.2 Å². The maximum Gasteiger partial charge on any atom is 0.270 e. The van der Waals surface area contributed by atoms with Crippen LogP contribution in [0.15, 0.2) is 41.1 Å². The molecule has 0 aliphatic heterocycles. The predicted molar refractivity (Wildman–Crippen MR) is 110 cm³/mol. The molecular weight excluding hydrogens is 382 g/mol. The lowest BCUT2D eigenvalue weighted by molar-refractivity contribution is 0.0949. The molecule has 0 saturated heterocycles. The molecule has 1 heterocycles. The van der Waals surface area contributed by atoms with Crippen LogP contribution in [0, 0.1) is 0 Å². The Morgan fingerprint density at radius 1 is 1.22 bits per heavy atom. The number of hydrogen-bond donors (Lipinski definition) is 1. The molecule has 0 aliphatic rings. The van der Waals surface area contributed by atoms with Crippen LogP contribution in [0.1, 0.15) is 47.7 Å². The van der Waals surface area contributed by atoms with E-state index >= 15 is 0 Å². The summed E-state index contributed by atoms with van der Waals surface area (Å²) in [6, 6.07) is 9.29. The first-order chi connectivity index (χ1) is 13.0. The quantitative estimate of drug-likeness (QED) is 0.654. The van der Waals surface area contributed by atoms with E-state index in [1.165, 1.54) is 21.1 Å². The van der Waals surface area contributed by atoms with Crippen molar-refractivity contribution in [3.8, 4) is 0 Å². The van der Waals surface area contributed by atoms with Crippen molar-refractivity contribution in [2.75, 3.05) is 13.1 Å². The zero-order chi connectivity index (χ0) is 19.7. The summed E-state index contributed by atoms with van der Waals surface area (Å²) in [4.78, 5) is 16.3. The second kappa shape index (κ2) is 10.3. The topological polar surface area (TPSA) is 79.4 Å². The average Bonchev–Trinajstić information content (AvgIpc) is 3.14. The SMILES string of the molecule is CCCNC(=O)c1csc(CN(CCC)S(=O)(=O)C=Cc2ccccc2)n1. The molecule has 8 heteroatoms. The van der Waals surface area contributed by atoms with Gasteiger partial charge < -0.3 is 5.32 Å². The lowest BCUT2D eigenvalue weighted by atomic mass is 10.2. The summed E-state index contributed by atoms with van der Waals surface area (Å²) in [7, 11) is -3.59. The van der Waals surface area contributed by atoms with Gasteiger partial charge in [-0.3, -0.25) is 4.79 Å². The van der Waals surface area contributed by atoms with Crippen molar-refractivity contribution in [2.45, 2.75) is 33.2 Å². The molecule has 27 heavy (non-hydrogen) atoms. The van der Waals surface area contributed by atoms with Gasteiger partial charge in [0.15, 0.2) is 0 Å². The molecular formula is C19H25N3O3S2. The fourth-order valence-corrected chi connectivity index (χ4v) is 4.44. The van der Waals surface area contributed by atoms with E-state index in [9.17, 15) is 13.2 Å². The van der Waals surface area contributed by atoms with Crippen LogP contribution in [0.2, 0.25) is 0 Å². The molecule has 1 aromatic carbocycles. The summed E-state index contributed by atoms with van der Waals surface area (Å²) in [6.45, 7) is 5.03. The highest BCUT2D eigenvalue weighted by Gasteiger charge is 2.21. The largest absolute Gasteiger partial charge is 0.351 e. The zero-order valence-corrected chi connectivity index (χ0v) is 17.2. The highest BCUT2D eigenvalue weighted by Crippen LogP contribution is 2.17. The minimum absolute atomic E-state index is 0.154. The molecule has 0 aliphatic carbocycles. The Morgan fingerprint density at radius 2 is 1.96 bits per heavy atom. The van der Waals surface area contributed by atoms with E-state index in [1.807, 2.05) is 44.2 Å². The van der Waals surface area contributed by atoms with Gasteiger partial charge in [0.05, 0.1) is 6.54 Å². The number of carbonyl (C=O) groups excluding carboxylic acids is 1. The van der Waals surface area contributed by atoms with Gasteiger partial charge in [-0.15, -0.1) is 11.3 Å². The number of aromatic nitrogens is 1. The summed E-state index contributed by atoms with van der Waals surface area (Å²) < 4.78 is 26.8. The highest BCUT2D eigenvalue weighted by atomic mass is 32.2. The Hall–Kier alpha value is -2.03. The van der Waals surface area contributed by atoms with Gasteiger partial charge in [-0.2, -0.15) is 4.31 Å². The van der Waals surface area contributed by atoms with E-state index < -0.39 is 10.0 Å². The van der Waals surface area contributed by atoms with Gasteiger partial charge in [-0.25, -0.2) is 13.4 Å². The molecule has 1 amide bonds. The standard InChI is InChI=1S/C19H25N3O3S2/c1-3-11-20-19(23)17-15-26-18(21-17)14-22(12-4-2)27(24,25)13-10-16-8-6-5-7-9-16/h5-10,13,15H,3-4,11-12,14H2,1-2H3,(H,20,23). The summed E-state index contributed by atoms with van der Waals surface area (Å²) >= 11 is 1.29. The van der Waals surface area contributed by atoms with Gasteiger partial charge in [0.2, 0.25) is 10.0 Å². The first kappa shape index (κ1) is 21.3. The van der Waals surface area contributed by atoms with Crippen LogP contribution in [-0.4, -0.2) is 36.7 Å². The van der Waals surface area contributed by atoms with Crippen molar-refractivity contribution >= 4 is 33.3 Å². The molecule has 0 saturated carbocycles. The van der Waals surface area contributed by atoms with Crippen LogP contribution < -0.4 is 5.32 Å². The third-order valence-electron chi connectivity index (χ3n) is 3.70. The summed E-state index contributed by atoms with van der Waals surface area (Å²) in [5.41, 5.74) is 1.15. The van der Waals surface area contributed by atoms with Gasteiger partial charge in [-0.1, -0.05) is 44.2 Å². The van der Waals surface area contributed by atoms with Crippen LogP contribution in [-0.2, 0) is 16.6 Å². The molecule has 0 atom stereocenters. The molecule has 2 rings (SSSR count). The van der Waals surface area contributed by atoms with Crippen molar-refractivity contribution in [1.82, 2.24) is 14.6 Å². The predicted octanol–water partition coefficient (Wildman–Crippen LogP) is 3.50. The zero-order valence-electron chi connectivity index (χ0n) is 15.6. The molecule has 0 bridgehead atoms. The summed E-state index contributed by atoms with van der Waals surface area (Å²) in [5.74, 6) is -0.228. The summed E-state index contributed by atoms with van der Waals surface area (Å²) in [5, 5.41) is 6.26. The van der Waals surface area contributed by atoms with Crippen LogP contribution in [0.4, 0.5) is 0 Å². The van der Waals surface area contributed by atoms with Gasteiger partial charge in [0.25, 0.3) is 5.91 Å². The third kappa shape index (κ3) is 6.57. The number of rotatable bonds is 10. The first-order valence-electron chi connectivity index (χ1n) is 8.92. The van der Waals surface area contributed by atoms with Crippen molar-refractivity contribution in [3.05, 3.63) is 57.4 Å². The average molecular weight is 408 g/mol. The van der Waals surface area contributed by atoms with E-state index in [1.54, 1.807) is 11.5 Å². The van der Waals surface area contributed by atoms with Crippen LogP contribution in [0.25, 0.3) is 6.08 Å². The second-order valence-electron chi connectivity index (χ2n) is 5.97. The summed E-state index contributed by atoms with van der Waals surface area (Å²) in [6.07, 6.45) is 3.12. The maximum atomic E-state index is 12.7.